The molecule has 1 saturated heterocycles. The molecule has 126 valence electrons. The van der Waals surface area contributed by atoms with Crippen LogP contribution in [0.1, 0.15) is 30.9 Å². The maximum atomic E-state index is 14.4. The van der Waals surface area contributed by atoms with Gasteiger partial charge in [0.15, 0.2) is 0 Å². The van der Waals surface area contributed by atoms with Crippen LogP contribution in [0.25, 0.3) is 0 Å². The topological polar surface area (TPSA) is 24.5 Å². The lowest BCUT2D eigenvalue weighted by Gasteiger charge is -2.43. The summed E-state index contributed by atoms with van der Waals surface area (Å²) in [6, 6.07) is 5.34. The van der Waals surface area contributed by atoms with Crippen molar-refractivity contribution in [2.45, 2.75) is 25.3 Å². The highest BCUT2D eigenvalue weighted by Gasteiger charge is 2.36. The molecule has 2 fully saturated rings. The van der Waals surface area contributed by atoms with E-state index in [2.05, 4.69) is 10.2 Å². The zero-order valence-corrected chi connectivity index (χ0v) is 14.5. The van der Waals surface area contributed by atoms with E-state index >= 15 is 0 Å². The van der Waals surface area contributed by atoms with Crippen LogP contribution in [0.4, 0.5) is 4.39 Å². The van der Waals surface area contributed by atoms with Crippen molar-refractivity contribution in [2.75, 3.05) is 33.3 Å². The van der Waals surface area contributed by atoms with Crippen LogP contribution in [0, 0.1) is 11.7 Å². The number of ether oxygens (including phenoxy) is 1. The molecule has 1 aliphatic heterocycles. The number of nitrogens with one attached hydrogen (secondary N) is 1. The van der Waals surface area contributed by atoms with Gasteiger partial charge >= 0.3 is 0 Å². The number of piperazine rings is 1. The summed E-state index contributed by atoms with van der Waals surface area (Å²) >= 11 is 0. The van der Waals surface area contributed by atoms with Gasteiger partial charge in [-0.1, -0.05) is 12.5 Å². The van der Waals surface area contributed by atoms with Gasteiger partial charge in [-0.3, -0.25) is 4.90 Å². The summed E-state index contributed by atoms with van der Waals surface area (Å²) in [6.45, 7) is 3.94. The number of methoxy groups -OCH3 is 1. The zero-order valence-electron chi connectivity index (χ0n) is 12.9. The van der Waals surface area contributed by atoms with Crippen LogP contribution >= 0.6 is 24.8 Å². The normalized spacial score (nSPS) is 20.3. The fourth-order valence-corrected chi connectivity index (χ4v) is 3.41. The van der Waals surface area contributed by atoms with Crippen LogP contribution < -0.4 is 10.1 Å². The minimum absolute atomic E-state index is 0. The molecule has 22 heavy (non-hydrogen) atoms. The van der Waals surface area contributed by atoms with Gasteiger partial charge in [0.2, 0.25) is 0 Å². The zero-order chi connectivity index (χ0) is 13.9. The van der Waals surface area contributed by atoms with Gasteiger partial charge in [-0.25, -0.2) is 4.39 Å². The Bertz CT molecular complexity index is 465. The van der Waals surface area contributed by atoms with E-state index in [1.165, 1.54) is 19.3 Å². The number of hydrogen-bond acceptors (Lipinski definition) is 3. The first-order valence-electron chi connectivity index (χ1n) is 7.58. The predicted octanol–water partition coefficient (Wildman–Crippen LogP) is 3.42. The molecule has 1 N–H and O–H groups in total. The molecule has 3 rings (SSSR count). The Morgan fingerprint density at radius 1 is 1.23 bits per heavy atom. The van der Waals surface area contributed by atoms with Crippen molar-refractivity contribution in [1.29, 1.82) is 0 Å². The second-order valence-electron chi connectivity index (χ2n) is 5.78. The number of rotatable bonds is 4. The smallest absolute Gasteiger partial charge is 0.131 e. The number of halogens is 3. The number of nitrogens with zero attached hydrogens (tertiary/aromatic N) is 1. The SMILES string of the molecule is COc1cccc(F)c1[C@H](C1CCC1)N1CCNCC1.Cl.Cl. The van der Waals surface area contributed by atoms with Crippen molar-refractivity contribution in [3.05, 3.63) is 29.6 Å². The van der Waals surface area contributed by atoms with Crippen molar-refractivity contribution < 1.29 is 9.13 Å². The minimum atomic E-state index is -0.125. The number of hydrogen-bond donors (Lipinski definition) is 1. The Labute approximate surface area is 144 Å². The molecular formula is C16H25Cl2FN2O. The van der Waals surface area contributed by atoms with Gasteiger partial charge in [-0.2, -0.15) is 0 Å². The molecule has 0 aromatic heterocycles. The van der Waals surface area contributed by atoms with Gasteiger partial charge in [0, 0.05) is 37.8 Å². The van der Waals surface area contributed by atoms with Gasteiger partial charge in [0.1, 0.15) is 11.6 Å². The Kier molecular flexibility index (Phi) is 7.90. The second-order valence-corrected chi connectivity index (χ2v) is 5.78. The molecule has 1 saturated carbocycles. The van der Waals surface area contributed by atoms with Crippen molar-refractivity contribution in [3.63, 3.8) is 0 Å². The van der Waals surface area contributed by atoms with E-state index in [1.807, 2.05) is 6.07 Å². The van der Waals surface area contributed by atoms with Crippen molar-refractivity contribution >= 4 is 24.8 Å². The third-order valence-electron chi connectivity index (χ3n) is 4.67. The molecule has 0 spiro atoms. The summed E-state index contributed by atoms with van der Waals surface area (Å²) in [5.74, 6) is 1.14. The van der Waals surface area contributed by atoms with Gasteiger partial charge in [-0.05, 0) is 30.9 Å². The Balaban J connectivity index is 0.00000121. The van der Waals surface area contributed by atoms with E-state index in [1.54, 1.807) is 19.2 Å². The summed E-state index contributed by atoms with van der Waals surface area (Å²) < 4.78 is 19.9. The fourth-order valence-electron chi connectivity index (χ4n) is 3.41. The van der Waals surface area contributed by atoms with Gasteiger partial charge in [0.25, 0.3) is 0 Å². The molecule has 3 nitrogen and oxygen atoms in total. The summed E-state index contributed by atoms with van der Waals surface area (Å²) in [7, 11) is 1.63. The molecule has 0 bridgehead atoms. The van der Waals surface area contributed by atoms with Crippen molar-refractivity contribution in [1.82, 2.24) is 10.2 Å². The largest absolute Gasteiger partial charge is 0.496 e. The molecule has 0 radical (unpaired) electrons. The van der Waals surface area contributed by atoms with Crippen LogP contribution in [0.15, 0.2) is 18.2 Å². The highest BCUT2D eigenvalue weighted by Crippen LogP contribution is 2.45. The van der Waals surface area contributed by atoms with E-state index in [0.29, 0.717) is 11.7 Å². The molecule has 6 heteroatoms. The molecule has 0 unspecified atom stereocenters. The fraction of sp³-hybridized carbons (Fsp3) is 0.625. The molecule has 2 aliphatic rings. The molecule has 1 atom stereocenters. The maximum Gasteiger partial charge on any atom is 0.131 e. The molecule has 1 heterocycles. The second kappa shape index (κ2) is 8.92. The molecular weight excluding hydrogens is 326 g/mol. The first kappa shape index (κ1) is 19.5. The Morgan fingerprint density at radius 2 is 1.91 bits per heavy atom. The predicted molar refractivity (Wildman–Crippen MR) is 92.0 cm³/mol. The van der Waals surface area contributed by atoms with E-state index in [4.69, 9.17) is 4.74 Å². The lowest BCUT2D eigenvalue weighted by molar-refractivity contribution is 0.0792. The molecule has 1 aromatic rings. The lowest BCUT2D eigenvalue weighted by Crippen LogP contribution is -2.48. The van der Waals surface area contributed by atoms with E-state index in [0.717, 1.165) is 31.7 Å². The summed E-state index contributed by atoms with van der Waals surface area (Å²) in [4.78, 5) is 2.43. The van der Waals surface area contributed by atoms with Crippen molar-refractivity contribution in [3.8, 4) is 5.75 Å². The Morgan fingerprint density at radius 3 is 2.45 bits per heavy atom. The Hall–Kier alpha value is -0.550. The van der Waals surface area contributed by atoms with Crippen LogP contribution in [0.3, 0.4) is 0 Å². The highest BCUT2D eigenvalue weighted by molar-refractivity contribution is 5.85. The van der Waals surface area contributed by atoms with Crippen LogP contribution in [-0.2, 0) is 0 Å². The van der Waals surface area contributed by atoms with Gasteiger partial charge in [-0.15, -0.1) is 24.8 Å². The minimum Gasteiger partial charge on any atom is -0.496 e. The van der Waals surface area contributed by atoms with Gasteiger partial charge < -0.3 is 10.1 Å². The average Bonchev–Trinajstić information content (AvgIpc) is 2.44. The quantitative estimate of drug-likeness (QED) is 0.900. The van der Waals surface area contributed by atoms with E-state index < -0.39 is 0 Å². The first-order valence-corrected chi connectivity index (χ1v) is 7.58. The lowest BCUT2D eigenvalue weighted by atomic mass is 9.76. The molecule has 0 amide bonds. The maximum absolute atomic E-state index is 14.4. The molecule has 1 aromatic carbocycles. The van der Waals surface area contributed by atoms with Crippen LogP contribution in [-0.4, -0.2) is 38.2 Å². The first-order chi connectivity index (χ1) is 9.81. The average molecular weight is 351 g/mol. The highest BCUT2D eigenvalue weighted by atomic mass is 35.5. The third kappa shape index (κ3) is 3.85. The van der Waals surface area contributed by atoms with Crippen molar-refractivity contribution in [2.24, 2.45) is 5.92 Å². The van der Waals surface area contributed by atoms with Crippen LogP contribution in [0.5, 0.6) is 5.75 Å². The summed E-state index contributed by atoms with van der Waals surface area (Å²) in [5, 5.41) is 3.37. The van der Waals surface area contributed by atoms with E-state index in [-0.39, 0.29) is 36.7 Å². The van der Waals surface area contributed by atoms with Crippen LogP contribution in [0.2, 0.25) is 0 Å². The summed E-state index contributed by atoms with van der Waals surface area (Å²) in [6.07, 6.45) is 3.67. The summed E-state index contributed by atoms with van der Waals surface area (Å²) in [5.41, 5.74) is 0.765. The molecule has 1 aliphatic carbocycles. The number of benzene rings is 1. The van der Waals surface area contributed by atoms with E-state index in [9.17, 15) is 4.39 Å². The van der Waals surface area contributed by atoms with Gasteiger partial charge in [0.05, 0.1) is 7.11 Å². The third-order valence-corrected chi connectivity index (χ3v) is 4.67. The monoisotopic (exact) mass is 350 g/mol. The standard InChI is InChI=1S/C16H23FN2O.2ClH/c1-20-14-7-3-6-13(17)15(14)16(12-4-2-5-12)19-10-8-18-9-11-19;;/h3,6-7,12,16,18H,2,4-5,8-11H2,1H3;2*1H/t16-;;/m0../s1.